The molecule has 1 aliphatic heterocycles. The van der Waals surface area contributed by atoms with Crippen LogP contribution in [0.1, 0.15) is 18.5 Å². The number of carbonyl (C=O) groups is 2. The van der Waals surface area contributed by atoms with Gasteiger partial charge < -0.3 is 5.32 Å². The molecule has 1 unspecified atom stereocenters. The number of piperidine rings is 1. The lowest BCUT2D eigenvalue weighted by atomic mass is 10.1. The molecule has 0 aromatic carbocycles. The molecule has 3 heterocycles. The first-order chi connectivity index (χ1) is 10.2. The van der Waals surface area contributed by atoms with Gasteiger partial charge in [-0.15, -0.1) is 11.3 Å². The van der Waals surface area contributed by atoms with Crippen LogP contribution >= 0.6 is 11.3 Å². The molecule has 1 aliphatic rings. The van der Waals surface area contributed by atoms with E-state index in [1.165, 1.54) is 11.3 Å². The van der Waals surface area contributed by atoms with Gasteiger partial charge in [0.2, 0.25) is 11.8 Å². The minimum atomic E-state index is -0.331. The van der Waals surface area contributed by atoms with Crippen molar-refractivity contribution in [2.24, 2.45) is 0 Å². The number of thiazole rings is 1. The van der Waals surface area contributed by atoms with Crippen LogP contribution in [0.15, 0.2) is 29.8 Å². The van der Waals surface area contributed by atoms with E-state index in [2.05, 4.69) is 20.6 Å². The van der Waals surface area contributed by atoms with Gasteiger partial charge in [-0.05, 0) is 18.6 Å². The van der Waals surface area contributed by atoms with Crippen LogP contribution in [0, 0.1) is 0 Å². The van der Waals surface area contributed by atoms with Crippen molar-refractivity contribution < 1.29 is 9.59 Å². The van der Waals surface area contributed by atoms with E-state index in [1.807, 2.05) is 23.6 Å². The van der Waals surface area contributed by atoms with Crippen molar-refractivity contribution in [1.82, 2.24) is 20.6 Å². The van der Waals surface area contributed by atoms with Crippen LogP contribution in [0.4, 0.5) is 0 Å². The van der Waals surface area contributed by atoms with E-state index < -0.39 is 0 Å². The van der Waals surface area contributed by atoms with Gasteiger partial charge in [0.05, 0.1) is 17.4 Å². The van der Waals surface area contributed by atoms with Gasteiger partial charge in [0, 0.05) is 24.5 Å². The van der Waals surface area contributed by atoms with E-state index in [9.17, 15) is 9.59 Å². The highest BCUT2D eigenvalue weighted by molar-refractivity contribution is 7.13. The maximum Gasteiger partial charge on any atom is 0.243 e. The van der Waals surface area contributed by atoms with E-state index in [1.54, 1.807) is 6.20 Å². The monoisotopic (exact) mass is 302 g/mol. The summed E-state index contributed by atoms with van der Waals surface area (Å²) in [7, 11) is 0. The smallest absolute Gasteiger partial charge is 0.243 e. The van der Waals surface area contributed by atoms with Crippen molar-refractivity contribution in [2.75, 3.05) is 0 Å². The molecule has 3 rings (SSSR count). The van der Waals surface area contributed by atoms with Crippen LogP contribution < -0.4 is 10.6 Å². The molecule has 1 saturated heterocycles. The summed E-state index contributed by atoms with van der Waals surface area (Å²) in [6.45, 7) is 0.496. The van der Waals surface area contributed by atoms with Gasteiger partial charge >= 0.3 is 0 Å². The number of hydrogen-bond acceptors (Lipinski definition) is 6. The maximum atomic E-state index is 11.6. The average molecular weight is 302 g/mol. The van der Waals surface area contributed by atoms with Gasteiger partial charge in [0.1, 0.15) is 5.01 Å². The van der Waals surface area contributed by atoms with E-state index >= 15 is 0 Å². The van der Waals surface area contributed by atoms with E-state index in [0.29, 0.717) is 19.4 Å². The lowest BCUT2D eigenvalue weighted by Crippen LogP contribution is -2.50. The summed E-state index contributed by atoms with van der Waals surface area (Å²) < 4.78 is 0. The molecule has 0 bridgehead atoms. The number of nitrogens with zero attached hydrogens (tertiary/aromatic N) is 2. The highest BCUT2D eigenvalue weighted by atomic mass is 32.1. The Morgan fingerprint density at radius 3 is 3.05 bits per heavy atom. The first-order valence-electron chi connectivity index (χ1n) is 6.65. The lowest BCUT2D eigenvalue weighted by Gasteiger charge is -2.21. The number of pyridine rings is 1. The quantitative estimate of drug-likeness (QED) is 0.826. The fraction of sp³-hybridized carbons (Fsp3) is 0.286. The average Bonchev–Trinajstić information content (AvgIpc) is 2.96. The zero-order valence-corrected chi connectivity index (χ0v) is 12.0. The third-order valence-electron chi connectivity index (χ3n) is 3.20. The van der Waals surface area contributed by atoms with E-state index in [-0.39, 0.29) is 17.9 Å². The summed E-state index contributed by atoms with van der Waals surface area (Å²) in [5.41, 5.74) is 1.71. The molecule has 21 heavy (non-hydrogen) atoms. The van der Waals surface area contributed by atoms with Crippen LogP contribution in [0.5, 0.6) is 0 Å². The molecular weight excluding hydrogens is 288 g/mol. The Morgan fingerprint density at radius 2 is 2.29 bits per heavy atom. The molecule has 2 amide bonds. The predicted octanol–water partition coefficient (Wildman–Crippen LogP) is 1.10. The SMILES string of the molecule is O=C1CCC(NCc2csc(-c3ccccn3)n2)C(=O)N1. The number of imide groups is 1. The van der Waals surface area contributed by atoms with Gasteiger partial charge in [0.15, 0.2) is 0 Å². The highest BCUT2D eigenvalue weighted by Gasteiger charge is 2.25. The Kier molecular flexibility index (Phi) is 4.03. The fourth-order valence-electron chi connectivity index (χ4n) is 2.11. The third kappa shape index (κ3) is 3.32. The molecule has 2 N–H and O–H groups in total. The van der Waals surface area contributed by atoms with Crippen LogP contribution in [0.25, 0.3) is 10.7 Å². The first-order valence-corrected chi connectivity index (χ1v) is 7.53. The normalized spacial score (nSPS) is 18.6. The Hall–Kier alpha value is -2.12. The van der Waals surface area contributed by atoms with Crippen molar-refractivity contribution in [1.29, 1.82) is 0 Å². The zero-order valence-electron chi connectivity index (χ0n) is 11.2. The minimum absolute atomic E-state index is 0.204. The largest absolute Gasteiger partial charge is 0.300 e. The third-order valence-corrected chi connectivity index (χ3v) is 4.12. The van der Waals surface area contributed by atoms with Gasteiger partial charge in [-0.3, -0.25) is 19.9 Å². The van der Waals surface area contributed by atoms with Crippen molar-refractivity contribution in [3.63, 3.8) is 0 Å². The van der Waals surface area contributed by atoms with E-state index in [4.69, 9.17) is 0 Å². The second-order valence-corrected chi connectivity index (χ2v) is 5.60. The number of rotatable bonds is 4. The fourth-order valence-corrected chi connectivity index (χ4v) is 2.91. The summed E-state index contributed by atoms with van der Waals surface area (Å²) in [5.74, 6) is -0.462. The number of aromatic nitrogens is 2. The van der Waals surface area contributed by atoms with Gasteiger partial charge in [-0.1, -0.05) is 6.07 Å². The molecule has 1 fully saturated rings. The molecule has 0 spiro atoms. The Bertz CT molecular complexity index is 656. The Morgan fingerprint density at radius 1 is 1.38 bits per heavy atom. The number of carbonyl (C=O) groups excluding carboxylic acids is 2. The Balaban J connectivity index is 1.60. The molecule has 0 aliphatic carbocycles. The van der Waals surface area contributed by atoms with Crippen molar-refractivity contribution in [3.05, 3.63) is 35.5 Å². The molecule has 2 aromatic rings. The first kappa shape index (κ1) is 13.8. The standard InChI is InChI=1S/C14H14N4O2S/c19-12-5-4-10(13(20)18-12)16-7-9-8-21-14(17-9)11-3-1-2-6-15-11/h1-3,6,8,10,16H,4-5,7H2,(H,18,19,20). The lowest BCUT2D eigenvalue weighted by molar-refractivity contribution is -0.134. The summed E-state index contributed by atoms with van der Waals surface area (Å²) >= 11 is 1.52. The van der Waals surface area contributed by atoms with Crippen molar-refractivity contribution >= 4 is 23.2 Å². The minimum Gasteiger partial charge on any atom is -0.300 e. The molecule has 108 valence electrons. The van der Waals surface area contributed by atoms with Crippen LogP contribution in [-0.4, -0.2) is 27.8 Å². The molecule has 2 aromatic heterocycles. The van der Waals surface area contributed by atoms with Gasteiger partial charge in [0.25, 0.3) is 0 Å². The second kappa shape index (κ2) is 6.11. The maximum absolute atomic E-state index is 11.6. The number of amides is 2. The molecule has 0 saturated carbocycles. The van der Waals surface area contributed by atoms with Gasteiger partial charge in [-0.25, -0.2) is 4.98 Å². The van der Waals surface area contributed by atoms with Crippen LogP contribution in [-0.2, 0) is 16.1 Å². The summed E-state index contributed by atoms with van der Waals surface area (Å²) in [4.78, 5) is 31.5. The highest BCUT2D eigenvalue weighted by Crippen LogP contribution is 2.21. The number of nitrogens with one attached hydrogen (secondary N) is 2. The zero-order chi connectivity index (χ0) is 14.7. The topological polar surface area (TPSA) is 84.0 Å². The summed E-state index contributed by atoms with van der Waals surface area (Å²) in [5, 5.41) is 8.27. The summed E-state index contributed by atoms with van der Waals surface area (Å²) in [6.07, 6.45) is 2.64. The van der Waals surface area contributed by atoms with Crippen LogP contribution in [0.2, 0.25) is 0 Å². The van der Waals surface area contributed by atoms with Crippen LogP contribution in [0.3, 0.4) is 0 Å². The number of hydrogen-bond donors (Lipinski definition) is 2. The molecule has 6 nitrogen and oxygen atoms in total. The molecule has 0 radical (unpaired) electrons. The molecular formula is C14H14N4O2S. The van der Waals surface area contributed by atoms with E-state index in [0.717, 1.165) is 16.4 Å². The van der Waals surface area contributed by atoms with Crippen molar-refractivity contribution in [2.45, 2.75) is 25.4 Å². The van der Waals surface area contributed by atoms with Crippen molar-refractivity contribution in [3.8, 4) is 10.7 Å². The van der Waals surface area contributed by atoms with Gasteiger partial charge in [-0.2, -0.15) is 0 Å². The molecule has 7 heteroatoms. The molecule has 1 atom stereocenters. The second-order valence-electron chi connectivity index (χ2n) is 4.74. The Labute approximate surface area is 125 Å². The predicted molar refractivity (Wildman–Crippen MR) is 78.4 cm³/mol. The summed E-state index contributed by atoms with van der Waals surface area (Å²) in [6, 6.07) is 5.37.